The first-order chi connectivity index (χ1) is 13.8. The Morgan fingerprint density at radius 1 is 1.00 bits per heavy atom. The van der Waals surface area contributed by atoms with Crippen molar-refractivity contribution in [2.45, 2.75) is 6.92 Å². The molecule has 0 bridgehead atoms. The fourth-order valence-corrected chi connectivity index (χ4v) is 2.71. The second-order valence-corrected chi connectivity index (χ2v) is 6.52. The van der Waals surface area contributed by atoms with Crippen molar-refractivity contribution in [2.24, 2.45) is 0 Å². The molecule has 3 aromatic carbocycles. The number of ether oxygens (including phenoxy) is 1. The summed E-state index contributed by atoms with van der Waals surface area (Å²) in [5, 5.41) is 14.1. The summed E-state index contributed by atoms with van der Waals surface area (Å²) in [7, 11) is 0. The molecule has 0 fully saturated rings. The molecule has 0 radical (unpaired) electrons. The molecule has 0 unspecified atom stereocenters. The summed E-state index contributed by atoms with van der Waals surface area (Å²) in [6, 6.07) is 16.8. The van der Waals surface area contributed by atoms with Crippen molar-refractivity contribution in [1.29, 1.82) is 0 Å². The normalized spacial score (nSPS) is 10.3. The molecule has 8 heteroatoms. The van der Waals surface area contributed by atoms with Gasteiger partial charge in [0.05, 0.1) is 4.92 Å². The van der Waals surface area contributed by atoms with Gasteiger partial charge in [-0.1, -0.05) is 23.7 Å². The number of benzene rings is 3. The summed E-state index contributed by atoms with van der Waals surface area (Å²) < 4.78 is 5.55. The van der Waals surface area contributed by atoms with Crippen LogP contribution in [0.2, 0.25) is 5.02 Å². The minimum Gasteiger partial charge on any atom is -0.450 e. The van der Waals surface area contributed by atoms with Crippen molar-refractivity contribution in [3.05, 3.63) is 93.0 Å². The number of nitro benzene ring substituents is 1. The van der Waals surface area contributed by atoms with Crippen molar-refractivity contribution in [2.75, 3.05) is 5.32 Å². The lowest BCUT2D eigenvalue weighted by molar-refractivity contribution is -0.385. The van der Waals surface area contributed by atoms with Gasteiger partial charge in [-0.15, -0.1) is 0 Å². The van der Waals surface area contributed by atoms with Gasteiger partial charge in [0.2, 0.25) is 5.75 Å². The minimum absolute atomic E-state index is 0.0395. The van der Waals surface area contributed by atoms with Gasteiger partial charge in [0.1, 0.15) is 5.75 Å². The maximum atomic E-state index is 12.4. The lowest BCUT2D eigenvalue weighted by atomic mass is 10.1. The molecule has 0 spiro atoms. The number of carbonyl (C=O) groups excluding carboxylic acids is 2. The third-order valence-corrected chi connectivity index (χ3v) is 4.22. The van der Waals surface area contributed by atoms with Crippen molar-refractivity contribution in [1.82, 2.24) is 0 Å². The molecule has 3 aromatic rings. The molecule has 7 nitrogen and oxygen atoms in total. The van der Waals surface area contributed by atoms with Crippen LogP contribution in [0.15, 0.2) is 66.7 Å². The summed E-state index contributed by atoms with van der Waals surface area (Å²) >= 11 is 5.79. The molecule has 1 N–H and O–H groups in total. The van der Waals surface area contributed by atoms with Crippen LogP contribution in [0.4, 0.5) is 11.4 Å². The first kappa shape index (κ1) is 20.0. The van der Waals surface area contributed by atoms with E-state index in [0.29, 0.717) is 22.6 Å². The van der Waals surface area contributed by atoms with Gasteiger partial charge < -0.3 is 10.1 Å². The van der Waals surface area contributed by atoms with E-state index in [1.54, 1.807) is 24.3 Å². The van der Waals surface area contributed by atoms with Gasteiger partial charge in [-0.3, -0.25) is 19.7 Å². The quantitative estimate of drug-likeness (QED) is 0.329. The molecule has 0 aliphatic carbocycles. The largest absolute Gasteiger partial charge is 0.450 e. The van der Waals surface area contributed by atoms with Crippen molar-refractivity contribution in [3.63, 3.8) is 0 Å². The Hall–Kier alpha value is -3.71. The van der Waals surface area contributed by atoms with Crippen LogP contribution < -0.4 is 10.1 Å². The van der Waals surface area contributed by atoms with Gasteiger partial charge in [-0.2, -0.15) is 0 Å². The molecule has 0 saturated carbocycles. The van der Waals surface area contributed by atoms with Crippen LogP contribution in [0, 0.1) is 10.1 Å². The Bertz CT molecular complexity index is 1100. The number of nitrogens with zero attached hydrogens (tertiary/aromatic N) is 1. The molecule has 29 heavy (non-hydrogen) atoms. The Morgan fingerprint density at radius 2 is 1.72 bits per heavy atom. The van der Waals surface area contributed by atoms with Crippen LogP contribution in [0.1, 0.15) is 27.6 Å². The Kier molecular flexibility index (Phi) is 5.90. The number of nitro groups is 1. The standard InChI is InChI=1S/C21H15ClN2O5/c1-13(25)15-3-2-4-17(11-15)23-21(26)14-5-8-18(9-6-14)29-20-10-7-16(22)12-19(20)24(27)28/h2-12H,1H3,(H,23,26). The Balaban J connectivity index is 1.74. The van der Waals surface area contributed by atoms with Crippen molar-refractivity contribution in [3.8, 4) is 11.5 Å². The predicted octanol–water partition coefficient (Wildman–Crippen LogP) is 5.50. The smallest absolute Gasteiger partial charge is 0.313 e. The zero-order chi connectivity index (χ0) is 21.0. The number of anilines is 1. The van der Waals surface area contributed by atoms with Gasteiger partial charge in [-0.25, -0.2) is 0 Å². The van der Waals surface area contributed by atoms with E-state index in [0.717, 1.165) is 0 Å². The summed E-state index contributed by atoms with van der Waals surface area (Å²) in [5.41, 5.74) is 1.09. The highest BCUT2D eigenvalue weighted by molar-refractivity contribution is 6.30. The highest BCUT2D eigenvalue weighted by Gasteiger charge is 2.17. The van der Waals surface area contributed by atoms with Crippen molar-refractivity contribution < 1.29 is 19.2 Å². The zero-order valence-corrected chi connectivity index (χ0v) is 16.0. The van der Waals surface area contributed by atoms with Crippen LogP contribution >= 0.6 is 11.6 Å². The third-order valence-electron chi connectivity index (χ3n) is 3.99. The number of Topliss-reactive ketones (excluding diaryl/α,β-unsaturated/α-hetero) is 1. The zero-order valence-electron chi connectivity index (χ0n) is 15.2. The van der Waals surface area contributed by atoms with E-state index in [1.165, 1.54) is 49.4 Å². The second-order valence-electron chi connectivity index (χ2n) is 6.09. The number of ketones is 1. The lowest BCUT2D eigenvalue weighted by Gasteiger charge is -2.09. The predicted molar refractivity (Wildman–Crippen MR) is 109 cm³/mol. The molecular weight excluding hydrogens is 396 g/mol. The molecular formula is C21H15ClN2O5. The number of halogens is 1. The maximum absolute atomic E-state index is 12.4. The van der Waals surface area contributed by atoms with E-state index in [9.17, 15) is 19.7 Å². The summed E-state index contributed by atoms with van der Waals surface area (Å²) in [6.07, 6.45) is 0. The van der Waals surface area contributed by atoms with Crippen LogP contribution in [-0.4, -0.2) is 16.6 Å². The summed E-state index contributed by atoms with van der Waals surface area (Å²) in [5.74, 6) is -0.100. The van der Waals surface area contributed by atoms with Gasteiger partial charge in [0, 0.05) is 27.9 Å². The average molecular weight is 411 g/mol. The van der Waals surface area contributed by atoms with Gasteiger partial charge in [0.25, 0.3) is 5.91 Å². The monoisotopic (exact) mass is 410 g/mol. The third kappa shape index (κ3) is 4.97. The molecule has 0 aromatic heterocycles. The van der Waals surface area contributed by atoms with Crippen LogP contribution in [-0.2, 0) is 0 Å². The average Bonchev–Trinajstić information content (AvgIpc) is 2.70. The fraction of sp³-hybridized carbons (Fsp3) is 0.0476. The molecule has 3 rings (SSSR count). The maximum Gasteiger partial charge on any atom is 0.313 e. The van der Waals surface area contributed by atoms with Gasteiger partial charge in [-0.05, 0) is 55.5 Å². The first-order valence-electron chi connectivity index (χ1n) is 8.48. The highest BCUT2D eigenvalue weighted by atomic mass is 35.5. The molecule has 146 valence electrons. The number of amides is 1. The number of nitrogens with one attached hydrogen (secondary N) is 1. The van der Waals surface area contributed by atoms with Crippen molar-refractivity contribution >= 4 is 34.7 Å². The van der Waals surface area contributed by atoms with Crippen LogP contribution in [0.25, 0.3) is 0 Å². The summed E-state index contributed by atoms with van der Waals surface area (Å²) in [6.45, 7) is 1.45. The molecule has 0 aliphatic heterocycles. The van der Waals surface area contributed by atoms with E-state index < -0.39 is 4.92 Å². The first-order valence-corrected chi connectivity index (χ1v) is 8.85. The van der Waals surface area contributed by atoms with Crippen LogP contribution in [0.5, 0.6) is 11.5 Å². The second kappa shape index (κ2) is 8.53. The van der Waals surface area contributed by atoms with Gasteiger partial charge >= 0.3 is 5.69 Å². The summed E-state index contributed by atoms with van der Waals surface area (Å²) in [4.78, 5) is 34.4. The molecule has 0 aliphatic rings. The molecule has 0 atom stereocenters. The van der Waals surface area contributed by atoms with E-state index in [1.807, 2.05) is 0 Å². The number of hydrogen-bond donors (Lipinski definition) is 1. The fourth-order valence-electron chi connectivity index (χ4n) is 2.54. The van der Waals surface area contributed by atoms with E-state index in [2.05, 4.69) is 5.32 Å². The van der Waals surface area contributed by atoms with E-state index >= 15 is 0 Å². The van der Waals surface area contributed by atoms with E-state index in [-0.39, 0.29) is 28.1 Å². The molecule has 1 amide bonds. The number of carbonyl (C=O) groups is 2. The van der Waals surface area contributed by atoms with Crippen LogP contribution in [0.3, 0.4) is 0 Å². The Labute approximate surface area is 171 Å². The highest BCUT2D eigenvalue weighted by Crippen LogP contribution is 2.33. The molecule has 0 heterocycles. The minimum atomic E-state index is -0.585. The molecule has 0 saturated heterocycles. The SMILES string of the molecule is CC(=O)c1cccc(NC(=O)c2ccc(Oc3ccc(Cl)cc3[N+](=O)[O-])cc2)c1. The number of rotatable bonds is 6. The van der Waals surface area contributed by atoms with E-state index in [4.69, 9.17) is 16.3 Å². The Morgan fingerprint density at radius 3 is 2.38 bits per heavy atom. The number of hydrogen-bond acceptors (Lipinski definition) is 5. The topological polar surface area (TPSA) is 98.5 Å². The van der Waals surface area contributed by atoms with Gasteiger partial charge in [0.15, 0.2) is 5.78 Å². The lowest BCUT2D eigenvalue weighted by Crippen LogP contribution is -2.12.